The maximum Gasteiger partial charge on any atom is 0.268 e. The quantitative estimate of drug-likeness (QED) is 0.388. The van der Waals surface area contributed by atoms with E-state index in [9.17, 15) is 10.1 Å². The molecule has 0 fully saturated rings. The normalized spacial score (nSPS) is 12.8. The molecule has 0 saturated carbocycles. The number of benzene rings is 3. The van der Waals surface area contributed by atoms with Crippen molar-refractivity contribution < 1.29 is 14.3 Å². The standard InChI is InChI=1S/C27H24N2O3/c1-2-31-26-17-21(12-13-25(26)32-19-20-8-4-3-5-9-20)16-23(18-28)27(30)29-15-14-22-10-6-7-11-24(22)29/h3-13,16-17H,2,14-15,19H2,1H3. The number of nitrogens with zero attached hydrogens (tertiary/aromatic N) is 2. The van der Waals surface area contributed by atoms with Crippen LogP contribution >= 0.6 is 0 Å². The van der Waals surface area contributed by atoms with Crippen LogP contribution in [0.3, 0.4) is 0 Å². The van der Waals surface area contributed by atoms with Crippen molar-refractivity contribution >= 4 is 17.7 Å². The van der Waals surface area contributed by atoms with Crippen molar-refractivity contribution in [3.8, 4) is 17.6 Å². The van der Waals surface area contributed by atoms with Gasteiger partial charge in [-0.2, -0.15) is 5.26 Å². The number of hydrogen-bond donors (Lipinski definition) is 0. The van der Waals surface area contributed by atoms with Crippen LogP contribution in [-0.2, 0) is 17.8 Å². The van der Waals surface area contributed by atoms with Gasteiger partial charge in [-0.05, 0) is 54.3 Å². The Morgan fingerprint density at radius 2 is 1.81 bits per heavy atom. The first-order chi connectivity index (χ1) is 15.7. The Hall–Kier alpha value is -4.04. The average Bonchev–Trinajstić information content (AvgIpc) is 3.26. The minimum Gasteiger partial charge on any atom is -0.490 e. The van der Waals surface area contributed by atoms with Crippen LogP contribution in [0.4, 0.5) is 5.69 Å². The zero-order chi connectivity index (χ0) is 22.3. The van der Waals surface area contributed by atoms with Gasteiger partial charge in [0.25, 0.3) is 5.91 Å². The zero-order valence-electron chi connectivity index (χ0n) is 18.0. The summed E-state index contributed by atoms with van der Waals surface area (Å²) in [6.45, 7) is 3.38. The molecule has 0 aromatic heterocycles. The van der Waals surface area contributed by atoms with Crippen LogP contribution in [0, 0.1) is 11.3 Å². The second kappa shape index (κ2) is 9.84. The first kappa shape index (κ1) is 21.2. The molecule has 1 aliphatic heterocycles. The Kier molecular flexibility index (Phi) is 6.52. The van der Waals surface area contributed by atoms with Crippen molar-refractivity contribution in [3.63, 3.8) is 0 Å². The zero-order valence-corrected chi connectivity index (χ0v) is 18.0. The predicted octanol–water partition coefficient (Wildman–Crippen LogP) is 5.16. The van der Waals surface area contributed by atoms with Gasteiger partial charge in [0.2, 0.25) is 0 Å². The molecule has 0 bridgehead atoms. The molecule has 3 aromatic rings. The Morgan fingerprint density at radius 3 is 2.59 bits per heavy atom. The van der Waals surface area contributed by atoms with E-state index in [0.29, 0.717) is 36.8 Å². The van der Waals surface area contributed by atoms with Crippen LogP contribution in [-0.4, -0.2) is 19.1 Å². The lowest BCUT2D eigenvalue weighted by molar-refractivity contribution is -0.114. The molecule has 1 heterocycles. The van der Waals surface area contributed by atoms with Gasteiger partial charge >= 0.3 is 0 Å². The third-order valence-corrected chi connectivity index (χ3v) is 5.30. The van der Waals surface area contributed by atoms with E-state index in [-0.39, 0.29) is 11.5 Å². The van der Waals surface area contributed by atoms with Crippen LogP contribution in [0.5, 0.6) is 11.5 Å². The summed E-state index contributed by atoms with van der Waals surface area (Å²) < 4.78 is 11.7. The molecule has 1 aliphatic rings. The number of amides is 1. The number of anilines is 1. The van der Waals surface area contributed by atoms with Crippen molar-refractivity contribution in [3.05, 3.63) is 95.1 Å². The molecule has 0 radical (unpaired) electrons. The van der Waals surface area contributed by atoms with Gasteiger partial charge in [-0.15, -0.1) is 0 Å². The molecule has 0 atom stereocenters. The second-order valence-corrected chi connectivity index (χ2v) is 7.42. The van der Waals surface area contributed by atoms with E-state index in [4.69, 9.17) is 9.47 Å². The van der Waals surface area contributed by atoms with E-state index in [1.54, 1.807) is 17.0 Å². The lowest BCUT2D eigenvalue weighted by Gasteiger charge is -2.17. The Morgan fingerprint density at radius 1 is 1.03 bits per heavy atom. The lowest BCUT2D eigenvalue weighted by atomic mass is 10.1. The summed E-state index contributed by atoms with van der Waals surface area (Å²) in [7, 11) is 0. The first-order valence-electron chi connectivity index (χ1n) is 10.6. The van der Waals surface area contributed by atoms with E-state index in [2.05, 4.69) is 6.07 Å². The SMILES string of the molecule is CCOc1cc(C=C(C#N)C(=O)N2CCc3ccccc32)ccc1OCc1ccccc1. The van der Waals surface area contributed by atoms with Gasteiger partial charge in [0.05, 0.1) is 6.61 Å². The molecule has 3 aromatic carbocycles. The van der Waals surface area contributed by atoms with Gasteiger partial charge in [0, 0.05) is 12.2 Å². The Bertz CT molecular complexity index is 1180. The van der Waals surface area contributed by atoms with E-state index < -0.39 is 0 Å². The molecule has 5 nitrogen and oxygen atoms in total. The maximum atomic E-state index is 13.1. The van der Waals surface area contributed by atoms with Crippen molar-refractivity contribution in [1.29, 1.82) is 5.26 Å². The van der Waals surface area contributed by atoms with Gasteiger partial charge in [0.1, 0.15) is 18.2 Å². The molecule has 5 heteroatoms. The van der Waals surface area contributed by atoms with E-state index in [1.165, 1.54) is 0 Å². The largest absolute Gasteiger partial charge is 0.490 e. The topological polar surface area (TPSA) is 62.6 Å². The fourth-order valence-corrected chi connectivity index (χ4v) is 3.74. The highest BCUT2D eigenvalue weighted by Crippen LogP contribution is 2.32. The van der Waals surface area contributed by atoms with Gasteiger partial charge in [-0.1, -0.05) is 54.6 Å². The summed E-state index contributed by atoms with van der Waals surface area (Å²) in [5.41, 5.74) is 3.84. The number of carbonyl (C=O) groups is 1. The average molecular weight is 425 g/mol. The molecule has 0 saturated heterocycles. The highest BCUT2D eigenvalue weighted by Gasteiger charge is 2.26. The second-order valence-electron chi connectivity index (χ2n) is 7.42. The highest BCUT2D eigenvalue weighted by atomic mass is 16.5. The maximum absolute atomic E-state index is 13.1. The number of nitriles is 1. The van der Waals surface area contributed by atoms with E-state index in [0.717, 1.165) is 23.2 Å². The lowest BCUT2D eigenvalue weighted by Crippen LogP contribution is -2.29. The number of ether oxygens (including phenoxy) is 2. The predicted molar refractivity (Wildman–Crippen MR) is 124 cm³/mol. The van der Waals surface area contributed by atoms with Gasteiger partial charge in [-0.3, -0.25) is 4.79 Å². The Balaban J connectivity index is 1.56. The first-order valence-corrected chi connectivity index (χ1v) is 10.6. The highest BCUT2D eigenvalue weighted by molar-refractivity contribution is 6.12. The molecule has 0 aliphatic carbocycles. The summed E-state index contributed by atoms with van der Waals surface area (Å²) in [5.74, 6) is 0.902. The summed E-state index contributed by atoms with van der Waals surface area (Å²) in [6.07, 6.45) is 2.40. The molecule has 0 N–H and O–H groups in total. The van der Waals surface area contributed by atoms with Crippen molar-refractivity contribution in [1.82, 2.24) is 0 Å². The molecular weight excluding hydrogens is 400 g/mol. The van der Waals surface area contributed by atoms with Crippen LogP contribution in [0.25, 0.3) is 6.08 Å². The smallest absolute Gasteiger partial charge is 0.268 e. The number of para-hydroxylation sites is 1. The van der Waals surface area contributed by atoms with Gasteiger partial charge in [0.15, 0.2) is 11.5 Å². The number of fused-ring (bicyclic) bond motifs is 1. The summed E-state index contributed by atoms with van der Waals surface area (Å²) in [5, 5.41) is 9.68. The van der Waals surface area contributed by atoms with Gasteiger partial charge < -0.3 is 14.4 Å². The fourth-order valence-electron chi connectivity index (χ4n) is 3.74. The summed E-state index contributed by atoms with van der Waals surface area (Å²) >= 11 is 0. The van der Waals surface area contributed by atoms with Gasteiger partial charge in [-0.25, -0.2) is 0 Å². The van der Waals surface area contributed by atoms with Crippen LogP contribution in [0.15, 0.2) is 78.4 Å². The number of hydrogen-bond acceptors (Lipinski definition) is 4. The molecular formula is C27H24N2O3. The number of rotatable bonds is 7. The molecule has 1 amide bonds. The summed E-state index contributed by atoms with van der Waals surface area (Å²) in [4.78, 5) is 14.7. The van der Waals surface area contributed by atoms with Crippen molar-refractivity contribution in [2.75, 3.05) is 18.1 Å². The van der Waals surface area contributed by atoms with Crippen LogP contribution < -0.4 is 14.4 Å². The third-order valence-electron chi connectivity index (χ3n) is 5.30. The van der Waals surface area contributed by atoms with E-state index >= 15 is 0 Å². The Labute approximate surface area is 188 Å². The molecule has 4 rings (SSSR count). The molecule has 32 heavy (non-hydrogen) atoms. The third kappa shape index (κ3) is 4.65. The fraction of sp³-hybridized carbons (Fsp3) is 0.185. The number of carbonyl (C=O) groups excluding carboxylic acids is 1. The minimum absolute atomic E-state index is 0.0853. The van der Waals surface area contributed by atoms with Crippen LogP contribution in [0.2, 0.25) is 0 Å². The van der Waals surface area contributed by atoms with Crippen molar-refractivity contribution in [2.24, 2.45) is 0 Å². The molecule has 0 spiro atoms. The van der Waals surface area contributed by atoms with E-state index in [1.807, 2.05) is 73.7 Å². The molecule has 160 valence electrons. The summed E-state index contributed by atoms with van der Waals surface area (Å²) in [6, 6.07) is 25.2. The monoisotopic (exact) mass is 424 g/mol. The van der Waals surface area contributed by atoms with Crippen LogP contribution in [0.1, 0.15) is 23.6 Å². The minimum atomic E-state index is -0.292. The van der Waals surface area contributed by atoms with Crippen molar-refractivity contribution in [2.45, 2.75) is 20.0 Å². The molecule has 0 unspecified atom stereocenters.